The predicted octanol–water partition coefficient (Wildman–Crippen LogP) is 9.32. The zero-order valence-corrected chi connectivity index (χ0v) is 27.3. The summed E-state index contributed by atoms with van der Waals surface area (Å²) in [6.45, 7) is 0. The van der Waals surface area contributed by atoms with Gasteiger partial charge in [-0.05, 0) is 84.2 Å². The van der Waals surface area contributed by atoms with E-state index < -0.39 is 29.3 Å². The van der Waals surface area contributed by atoms with Gasteiger partial charge in [0.25, 0.3) is 17.7 Å². The summed E-state index contributed by atoms with van der Waals surface area (Å²) in [5.74, 6) is -2.35. The minimum absolute atomic E-state index is 0.0515. The zero-order chi connectivity index (χ0) is 37.0. The van der Waals surface area contributed by atoms with Crippen molar-refractivity contribution < 1.29 is 37.4 Å². The van der Waals surface area contributed by atoms with Gasteiger partial charge in [-0.15, -0.1) is 10.2 Å². The van der Waals surface area contributed by atoms with Gasteiger partial charge < -0.3 is 20.9 Å². The lowest BCUT2D eigenvalue weighted by Gasteiger charge is -2.24. The van der Waals surface area contributed by atoms with Gasteiger partial charge in [0.2, 0.25) is 0 Å². The van der Waals surface area contributed by atoms with Crippen molar-refractivity contribution in [2.24, 2.45) is 16.0 Å². The first-order chi connectivity index (χ1) is 24.9. The van der Waals surface area contributed by atoms with Gasteiger partial charge in [0.05, 0.1) is 23.9 Å². The number of fused-ring (bicyclic) bond motifs is 1. The number of nitrogens with zero attached hydrogens (tertiary/aromatic N) is 3. The summed E-state index contributed by atoms with van der Waals surface area (Å²) in [5.41, 5.74) is 5.31. The second-order valence-electron chi connectivity index (χ2n) is 11.3. The van der Waals surface area contributed by atoms with Crippen LogP contribution in [0.4, 0.5) is 41.6 Å². The smallest absolute Gasteiger partial charge is 0.416 e. The lowest BCUT2D eigenvalue weighted by molar-refractivity contribution is -0.137. The second kappa shape index (κ2) is 14.5. The van der Waals surface area contributed by atoms with Gasteiger partial charge >= 0.3 is 6.18 Å². The van der Waals surface area contributed by atoms with E-state index in [2.05, 4.69) is 15.5 Å². The number of halogens is 3. The molecule has 0 unspecified atom stereocenters. The van der Waals surface area contributed by atoms with Gasteiger partial charge in [0, 0.05) is 27.9 Å². The highest BCUT2D eigenvalue weighted by atomic mass is 19.4. The molecule has 13 heteroatoms. The van der Waals surface area contributed by atoms with E-state index in [0.717, 1.165) is 18.2 Å². The molecular formula is C39H28F3N5O5. The molecule has 0 spiro atoms. The molecule has 0 saturated heterocycles. The van der Waals surface area contributed by atoms with Crippen LogP contribution in [-0.2, 0) is 6.18 Å². The number of carbonyl (C=O) groups excluding carboxylic acids is 3. The highest BCUT2D eigenvalue weighted by molar-refractivity contribution is 6.12. The summed E-state index contributed by atoms with van der Waals surface area (Å²) < 4.78 is 46.5. The van der Waals surface area contributed by atoms with Crippen LogP contribution in [0.3, 0.4) is 0 Å². The Bertz CT molecular complexity index is 2350. The Labute approximate surface area is 294 Å². The maximum atomic E-state index is 14.1. The summed E-state index contributed by atoms with van der Waals surface area (Å²) in [5, 5.41) is 23.3. The van der Waals surface area contributed by atoms with Crippen molar-refractivity contribution >= 4 is 56.9 Å². The minimum atomic E-state index is -4.70. The maximum absolute atomic E-state index is 14.1. The molecule has 260 valence electrons. The quantitative estimate of drug-likeness (QED) is 0.128. The van der Waals surface area contributed by atoms with E-state index in [1.807, 2.05) is 0 Å². The number of nitrogens with one attached hydrogen (secondary N) is 1. The van der Waals surface area contributed by atoms with Gasteiger partial charge in [-0.3, -0.25) is 19.3 Å². The van der Waals surface area contributed by atoms with Gasteiger partial charge in [0.1, 0.15) is 17.1 Å². The molecule has 0 aliphatic carbocycles. The summed E-state index contributed by atoms with van der Waals surface area (Å²) >= 11 is 0. The van der Waals surface area contributed by atoms with Gasteiger partial charge in [0.15, 0.2) is 5.75 Å². The number of methoxy groups -OCH3 is 1. The molecule has 0 heterocycles. The minimum Gasteiger partial charge on any atom is -0.505 e. The number of nitrogens with two attached hydrogens (primary N) is 1. The summed E-state index contributed by atoms with van der Waals surface area (Å²) in [6.07, 6.45) is -4.70. The third kappa shape index (κ3) is 7.28. The van der Waals surface area contributed by atoms with E-state index in [4.69, 9.17) is 10.5 Å². The molecule has 0 aliphatic heterocycles. The molecule has 0 aromatic heterocycles. The fraction of sp³-hybridized carbons (Fsp3) is 0.0513. The SMILES string of the molecule is COc1ccc(N(C(=O)c2cccc(C(F)(F)F)c2)c2ccc(NC(=O)c3ccccc3)cc2)cc1N=Nc1c(O)c(C(N)=O)cc2ccccc12. The van der Waals surface area contributed by atoms with Crippen LogP contribution >= 0.6 is 0 Å². The third-order valence-corrected chi connectivity index (χ3v) is 8.00. The first kappa shape index (κ1) is 34.8. The van der Waals surface area contributed by atoms with E-state index in [-0.39, 0.29) is 45.5 Å². The van der Waals surface area contributed by atoms with Crippen molar-refractivity contribution in [2.45, 2.75) is 6.18 Å². The fourth-order valence-corrected chi connectivity index (χ4v) is 5.43. The predicted molar refractivity (Wildman–Crippen MR) is 190 cm³/mol. The third-order valence-electron chi connectivity index (χ3n) is 8.00. The monoisotopic (exact) mass is 703 g/mol. The standard InChI is InChI=1S/C39H28F3N5O5/c1-52-33-19-18-29(22-32(33)45-46-34-30-13-6-5-10-24(30)21-31(35(34)48)36(43)49)47(38(51)25-11-7-12-26(20-25)39(40,41)42)28-16-14-27(15-17-28)44-37(50)23-8-3-2-4-9-23/h2-22,48H,1H3,(H2,43,49)(H,44,50). The van der Waals surface area contributed by atoms with E-state index >= 15 is 0 Å². The van der Waals surface area contributed by atoms with Gasteiger partial charge in [-0.25, -0.2) is 0 Å². The van der Waals surface area contributed by atoms with Crippen molar-refractivity contribution in [3.8, 4) is 11.5 Å². The average molecular weight is 704 g/mol. The molecule has 0 bridgehead atoms. The summed E-state index contributed by atoms with van der Waals surface area (Å²) in [6, 6.07) is 31.4. The number of azo groups is 1. The van der Waals surface area contributed by atoms with Crippen LogP contribution in [0.2, 0.25) is 0 Å². The van der Waals surface area contributed by atoms with Crippen molar-refractivity contribution in [3.63, 3.8) is 0 Å². The van der Waals surface area contributed by atoms with Crippen LogP contribution in [0.15, 0.2) is 138 Å². The van der Waals surface area contributed by atoms with Crippen molar-refractivity contribution in [1.82, 2.24) is 0 Å². The Hall–Kier alpha value is -7.02. The molecule has 0 atom stereocenters. The number of primary amides is 1. The highest BCUT2D eigenvalue weighted by Gasteiger charge is 2.32. The Morgan fingerprint density at radius 3 is 2.13 bits per heavy atom. The number of anilines is 3. The van der Waals surface area contributed by atoms with Crippen molar-refractivity contribution in [2.75, 3.05) is 17.3 Å². The summed E-state index contributed by atoms with van der Waals surface area (Å²) in [7, 11) is 1.38. The lowest BCUT2D eigenvalue weighted by atomic mass is 10.0. The molecule has 0 aliphatic rings. The molecule has 4 N–H and O–H groups in total. The fourth-order valence-electron chi connectivity index (χ4n) is 5.43. The molecular weight excluding hydrogens is 675 g/mol. The van der Waals surface area contributed by atoms with Crippen molar-refractivity contribution in [3.05, 3.63) is 150 Å². The molecule has 6 aromatic carbocycles. The Balaban J connectivity index is 1.44. The number of hydrogen-bond donors (Lipinski definition) is 3. The van der Waals surface area contributed by atoms with Crippen LogP contribution in [0, 0.1) is 0 Å². The Morgan fingerprint density at radius 2 is 1.44 bits per heavy atom. The molecule has 6 rings (SSSR count). The van der Waals surface area contributed by atoms with Gasteiger partial charge in [-0.2, -0.15) is 13.2 Å². The van der Waals surface area contributed by atoms with Crippen LogP contribution in [0.25, 0.3) is 10.8 Å². The first-order valence-corrected chi connectivity index (χ1v) is 15.6. The number of hydrogen-bond acceptors (Lipinski definition) is 7. The van der Waals surface area contributed by atoms with E-state index in [1.165, 1.54) is 54.5 Å². The largest absolute Gasteiger partial charge is 0.505 e. The first-order valence-electron chi connectivity index (χ1n) is 15.6. The van der Waals surface area contributed by atoms with E-state index in [0.29, 0.717) is 22.0 Å². The highest BCUT2D eigenvalue weighted by Crippen LogP contribution is 2.42. The number of benzene rings is 6. The molecule has 0 saturated carbocycles. The number of phenols is 1. The number of rotatable bonds is 9. The average Bonchev–Trinajstić information content (AvgIpc) is 3.15. The molecule has 52 heavy (non-hydrogen) atoms. The molecule has 0 radical (unpaired) electrons. The van der Waals surface area contributed by atoms with E-state index in [9.17, 15) is 32.7 Å². The Kier molecular flexibility index (Phi) is 9.68. The van der Waals surface area contributed by atoms with Crippen LogP contribution in [0.5, 0.6) is 11.5 Å². The van der Waals surface area contributed by atoms with Gasteiger partial charge in [-0.1, -0.05) is 48.5 Å². The molecule has 3 amide bonds. The number of ether oxygens (including phenoxy) is 1. The normalized spacial score (nSPS) is 11.4. The summed E-state index contributed by atoms with van der Waals surface area (Å²) in [4.78, 5) is 40.1. The maximum Gasteiger partial charge on any atom is 0.416 e. The zero-order valence-electron chi connectivity index (χ0n) is 27.3. The molecule has 6 aromatic rings. The topological polar surface area (TPSA) is 147 Å². The molecule has 0 fully saturated rings. The second-order valence-corrected chi connectivity index (χ2v) is 11.3. The van der Waals surface area contributed by atoms with Crippen LogP contribution in [-0.4, -0.2) is 29.9 Å². The van der Waals surface area contributed by atoms with Crippen LogP contribution in [0.1, 0.15) is 36.6 Å². The number of aromatic hydroxyl groups is 1. The van der Waals surface area contributed by atoms with Crippen LogP contribution < -0.4 is 20.7 Å². The molecule has 10 nitrogen and oxygen atoms in total. The number of alkyl halides is 3. The number of carbonyl (C=O) groups is 3. The van der Waals surface area contributed by atoms with Crippen molar-refractivity contribution in [1.29, 1.82) is 0 Å². The lowest BCUT2D eigenvalue weighted by Crippen LogP contribution is -2.26. The number of amides is 3. The Morgan fingerprint density at radius 1 is 0.769 bits per heavy atom. The van der Waals surface area contributed by atoms with E-state index in [1.54, 1.807) is 66.7 Å².